The van der Waals surface area contributed by atoms with Gasteiger partial charge >= 0.3 is 0 Å². The average Bonchev–Trinajstić information content (AvgIpc) is 2.87. The van der Waals surface area contributed by atoms with Crippen molar-refractivity contribution in [3.8, 4) is 10.4 Å². The fourth-order valence-corrected chi connectivity index (χ4v) is 3.28. The molecule has 2 heterocycles. The predicted molar refractivity (Wildman–Crippen MR) is 70.2 cm³/mol. The second-order valence-electron chi connectivity index (χ2n) is 3.80. The van der Waals surface area contributed by atoms with Gasteiger partial charge in [-0.25, -0.2) is 0 Å². The normalized spacial score (nSPS) is 11.1. The van der Waals surface area contributed by atoms with Crippen molar-refractivity contribution in [2.24, 2.45) is 0 Å². The summed E-state index contributed by atoms with van der Waals surface area (Å²) < 4.78 is 8.75. The second-order valence-corrected chi connectivity index (χ2v) is 5.62. The van der Waals surface area contributed by atoms with Crippen LogP contribution in [0.2, 0.25) is 0 Å². The third-order valence-electron chi connectivity index (χ3n) is 2.62. The molecule has 0 radical (unpaired) electrons. The van der Waals surface area contributed by atoms with Crippen molar-refractivity contribution in [2.75, 3.05) is 0 Å². The Hall–Kier alpha value is -1.26. The molecule has 0 saturated carbocycles. The van der Waals surface area contributed by atoms with Crippen molar-refractivity contribution in [3.63, 3.8) is 0 Å². The Bertz CT molecular complexity index is 652. The van der Waals surface area contributed by atoms with Gasteiger partial charge in [0, 0.05) is 15.3 Å². The van der Waals surface area contributed by atoms with Crippen molar-refractivity contribution in [1.29, 1.82) is 0 Å². The van der Waals surface area contributed by atoms with Crippen LogP contribution >= 0.6 is 23.1 Å². The highest BCUT2D eigenvalue weighted by molar-refractivity contribution is 7.15. The molecule has 80 valence electrons. The summed E-state index contributed by atoms with van der Waals surface area (Å²) in [5.41, 5.74) is 4.47. The number of rotatable bonds is 1. The molecule has 0 saturated heterocycles. The zero-order valence-corrected chi connectivity index (χ0v) is 10.7. The summed E-state index contributed by atoms with van der Waals surface area (Å²) in [4.78, 5) is 2.60. The Morgan fingerprint density at radius 2 is 1.75 bits per heavy atom. The lowest BCUT2D eigenvalue weighted by Gasteiger charge is -2.00. The SMILES string of the molecule is Cc1ccc(-c2ccc(C)c3nsnc23)s1. The van der Waals surface area contributed by atoms with E-state index in [1.807, 2.05) is 0 Å². The van der Waals surface area contributed by atoms with Crippen molar-refractivity contribution in [1.82, 2.24) is 8.75 Å². The Morgan fingerprint density at radius 3 is 2.50 bits per heavy atom. The molecule has 0 N–H and O–H groups in total. The van der Waals surface area contributed by atoms with E-state index in [4.69, 9.17) is 0 Å². The van der Waals surface area contributed by atoms with Gasteiger partial charge < -0.3 is 0 Å². The Kier molecular flexibility index (Phi) is 2.26. The third-order valence-corrected chi connectivity index (χ3v) is 4.19. The minimum absolute atomic E-state index is 1.03. The molecule has 3 rings (SSSR count). The molecule has 0 bridgehead atoms. The Labute approximate surface area is 102 Å². The fraction of sp³-hybridized carbons (Fsp3) is 0.167. The minimum atomic E-state index is 1.03. The number of hydrogen-bond acceptors (Lipinski definition) is 4. The maximum Gasteiger partial charge on any atom is 0.113 e. The maximum atomic E-state index is 4.40. The fourth-order valence-electron chi connectivity index (χ4n) is 1.77. The molecule has 0 fully saturated rings. The highest BCUT2D eigenvalue weighted by Gasteiger charge is 2.10. The molecule has 1 aromatic carbocycles. The zero-order valence-electron chi connectivity index (χ0n) is 9.02. The molecule has 4 heteroatoms. The van der Waals surface area contributed by atoms with Gasteiger partial charge in [0.2, 0.25) is 0 Å². The summed E-state index contributed by atoms with van der Waals surface area (Å²) in [6, 6.07) is 8.56. The van der Waals surface area contributed by atoms with Gasteiger partial charge in [-0.1, -0.05) is 12.1 Å². The number of hydrogen-bond donors (Lipinski definition) is 0. The highest BCUT2D eigenvalue weighted by Crippen LogP contribution is 2.33. The molecule has 2 nitrogen and oxygen atoms in total. The molecule has 0 aliphatic carbocycles. The number of benzene rings is 1. The zero-order chi connectivity index (χ0) is 11.1. The van der Waals surface area contributed by atoms with E-state index in [1.54, 1.807) is 11.3 Å². The van der Waals surface area contributed by atoms with Crippen molar-refractivity contribution in [2.45, 2.75) is 13.8 Å². The van der Waals surface area contributed by atoms with Crippen LogP contribution in [0.5, 0.6) is 0 Å². The summed E-state index contributed by atoms with van der Waals surface area (Å²) in [6.45, 7) is 4.20. The van der Waals surface area contributed by atoms with Crippen LogP contribution in [0.4, 0.5) is 0 Å². The van der Waals surface area contributed by atoms with Crippen molar-refractivity contribution < 1.29 is 0 Å². The molecule has 16 heavy (non-hydrogen) atoms. The average molecular weight is 246 g/mol. The number of nitrogens with zero attached hydrogens (tertiary/aromatic N) is 2. The van der Waals surface area contributed by atoms with Gasteiger partial charge in [0.05, 0.1) is 11.7 Å². The van der Waals surface area contributed by atoms with Crippen LogP contribution < -0.4 is 0 Å². The van der Waals surface area contributed by atoms with Crippen LogP contribution in [0.25, 0.3) is 21.5 Å². The van der Waals surface area contributed by atoms with E-state index in [9.17, 15) is 0 Å². The van der Waals surface area contributed by atoms with Gasteiger partial charge in [-0.2, -0.15) is 8.75 Å². The molecule has 0 unspecified atom stereocenters. The van der Waals surface area contributed by atoms with Crippen LogP contribution in [0.1, 0.15) is 10.4 Å². The van der Waals surface area contributed by atoms with E-state index in [1.165, 1.54) is 32.6 Å². The summed E-state index contributed by atoms with van der Waals surface area (Å²) in [5.74, 6) is 0. The van der Waals surface area contributed by atoms with Gasteiger partial charge in [0.15, 0.2) is 0 Å². The van der Waals surface area contributed by atoms with E-state index in [0.717, 1.165) is 11.0 Å². The summed E-state index contributed by atoms with van der Waals surface area (Å²) in [7, 11) is 0. The van der Waals surface area contributed by atoms with E-state index in [-0.39, 0.29) is 0 Å². The minimum Gasteiger partial charge on any atom is -0.173 e. The molecule has 3 aromatic rings. The molecule has 0 aliphatic heterocycles. The van der Waals surface area contributed by atoms with E-state index in [2.05, 4.69) is 46.9 Å². The van der Waals surface area contributed by atoms with E-state index >= 15 is 0 Å². The molecule has 0 atom stereocenters. The van der Waals surface area contributed by atoms with Gasteiger partial charge in [-0.15, -0.1) is 11.3 Å². The number of thiophene rings is 1. The predicted octanol–water partition coefficient (Wildman–Crippen LogP) is 4.04. The van der Waals surface area contributed by atoms with Crippen LogP contribution in [-0.4, -0.2) is 8.75 Å². The van der Waals surface area contributed by atoms with Gasteiger partial charge in [0.25, 0.3) is 0 Å². The molecular formula is C12H10N2S2. The lowest BCUT2D eigenvalue weighted by molar-refractivity contribution is 1.48. The monoisotopic (exact) mass is 246 g/mol. The number of aromatic nitrogens is 2. The lowest BCUT2D eigenvalue weighted by atomic mass is 10.1. The summed E-state index contributed by atoms with van der Waals surface area (Å²) >= 11 is 3.09. The third kappa shape index (κ3) is 1.45. The summed E-state index contributed by atoms with van der Waals surface area (Å²) in [6.07, 6.45) is 0. The van der Waals surface area contributed by atoms with Gasteiger partial charge in [-0.05, 0) is 31.5 Å². The van der Waals surface area contributed by atoms with Crippen LogP contribution in [-0.2, 0) is 0 Å². The smallest absolute Gasteiger partial charge is 0.113 e. The van der Waals surface area contributed by atoms with E-state index < -0.39 is 0 Å². The lowest BCUT2D eigenvalue weighted by Crippen LogP contribution is -1.80. The first-order chi connectivity index (χ1) is 7.75. The van der Waals surface area contributed by atoms with Crippen molar-refractivity contribution >= 4 is 34.1 Å². The Balaban J connectivity index is 2.32. The quantitative estimate of drug-likeness (QED) is 0.647. The molecule has 0 aliphatic rings. The number of aryl methyl sites for hydroxylation is 2. The number of fused-ring (bicyclic) bond motifs is 1. The summed E-state index contributed by atoms with van der Waals surface area (Å²) in [5, 5.41) is 0. The van der Waals surface area contributed by atoms with Crippen molar-refractivity contribution in [3.05, 3.63) is 34.7 Å². The Morgan fingerprint density at radius 1 is 0.938 bits per heavy atom. The molecule has 2 aromatic heterocycles. The van der Waals surface area contributed by atoms with Crippen LogP contribution in [0.3, 0.4) is 0 Å². The molecular weight excluding hydrogens is 236 g/mol. The topological polar surface area (TPSA) is 25.8 Å². The van der Waals surface area contributed by atoms with Gasteiger partial charge in [0.1, 0.15) is 11.0 Å². The first-order valence-electron chi connectivity index (χ1n) is 5.04. The van der Waals surface area contributed by atoms with Crippen LogP contribution in [0.15, 0.2) is 24.3 Å². The van der Waals surface area contributed by atoms with Crippen LogP contribution in [0, 0.1) is 13.8 Å². The maximum absolute atomic E-state index is 4.40. The van der Waals surface area contributed by atoms with E-state index in [0.29, 0.717) is 0 Å². The standard InChI is InChI=1S/C12H10N2S2/c1-7-3-5-9(10-6-4-8(2)15-10)12-11(7)13-16-14-12/h3-6H,1-2H3. The highest BCUT2D eigenvalue weighted by atomic mass is 32.1. The first kappa shape index (κ1) is 9.93. The second kappa shape index (κ2) is 3.64. The van der Waals surface area contributed by atoms with Gasteiger partial charge in [-0.3, -0.25) is 0 Å². The first-order valence-corrected chi connectivity index (χ1v) is 6.59. The molecule has 0 spiro atoms. The molecule has 0 amide bonds. The largest absolute Gasteiger partial charge is 0.173 e.